The van der Waals surface area contributed by atoms with Crippen LogP contribution >= 0.6 is 34.2 Å². The smallest absolute Gasteiger partial charge is 0.537 e. The van der Waals surface area contributed by atoms with Crippen LogP contribution in [0.4, 0.5) is 34.1 Å². The Morgan fingerprint density at radius 2 is 0.591 bits per heavy atom. The summed E-state index contributed by atoms with van der Waals surface area (Å²) in [7, 11) is 0.682. The van der Waals surface area contributed by atoms with Gasteiger partial charge in [-0.2, -0.15) is 0 Å². The minimum Gasteiger partial charge on any atom is -0.537 e. The summed E-state index contributed by atoms with van der Waals surface area (Å²) in [5, 5.41) is 14.5. The summed E-state index contributed by atoms with van der Waals surface area (Å²) >= 11 is 8.13. The third-order valence-corrected chi connectivity index (χ3v) is 15.4. The van der Waals surface area contributed by atoms with Crippen LogP contribution in [0.15, 0.2) is 352 Å². The van der Waals surface area contributed by atoms with Crippen LogP contribution in [0.25, 0.3) is 77.2 Å². The highest BCUT2D eigenvalue weighted by Crippen LogP contribution is 2.39. The molecule has 14 rings (SSSR count). The Morgan fingerprint density at radius 3 is 0.943 bits per heavy atom. The van der Waals surface area contributed by atoms with Gasteiger partial charge in [0.15, 0.2) is 0 Å². The number of halogens is 2. The lowest BCUT2D eigenvalue weighted by atomic mass is 9.94. The lowest BCUT2D eigenvalue weighted by Gasteiger charge is -2.25. The van der Waals surface area contributed by atoms with Crippen LogP contribution in [0.3, 0.4) is 0 Å². The maximum atomic E-state index is 8.70. The number of hydrogen-bond donors (Lipinski definition) is 1. The molecule has 4 nitrogen and oxygen atoms in total. The van der Waals surface area contributed by atoms with Crippen molar-refractivity contribution in [2.24, 2.45) is 0 Å². The molecule has 88 heavy (non-hydrogen) atoms. The monoisotopic (exact) mass is 1310 g/mol. The molecule has 0 spiro atoms. The third-order valence-electron chi connectivity index (χ3n) is 15.1. The van der Waals surface area contributed by atoms with E-state index in [1.165, 1.54) is 77.2 Å². The predicted molar refractivity (Wildman–Crippen MR) is 408 cm³/mol. The fourth-order valence-corrected chi connectivity index (χ4v) is 11.0. The van der Waals surface area contributed by atoms with Gasteiger partial charge in [-0.3, -0.25) is 0 Å². The molecule has 0 heterocycles. The lowest BCUT2D eigenvalue weighted by molar-refractivity contribution is 0.454. The number of benzene rings is 14. The number of fused-ring (bicyclic) bond motifs is 2. The molecule has 1 radical (unpaired) electrons. The van der Waals surface area contributed by atoms with Gasteiger partial charge >= 0.3 is 7.69 Å². The van der Waals surface area contributed by atoms with Crippen molar-refractivity contribution in [3.05, 3.63) is 357 Å². The maximum Gasteiger partial charge on any atom is 0.569 e. The molecular formula is C81H84BClIN2O2. The number of anilines is 6. The molecule has 0 amide bonds. The standard InChI is InChI=1S/C40H29N.C22H15Cl.C18H15BNO2.CH3I.11H2/c1-4-11-33(12-5-1)39-18-10-13-35-29-34(25-28-40(35)39)32-21-19-30(20-22-32)31-23-26-38(27-24-31)41(36-14-6-2-7-15-36)37-16-8-3-9-17-37;23-20-12-9-16(10-13-20)18-11-14-22-19(15-18)7-4-8-21(22)17-5-2-1-3-6-17;21-19-22-18-13-11-17(12-14-18)20(15-7-3-1-4-8-15)16-9-5-2-6-10-16;1-2;;;;;;;;;;;/h1-29H;1-15H;1-14,21H;1H3;11*1H/i;;;;11*1+1D. The first-order chi connectivity index (χ1) is 54.5. The largest absolute Gasteiger partial charge is 0.569 e. The molecule has 0 aliphatic carbocycles. The number of nitrogens with zero attached hydrogens (tertiary/aromatic N) is 2. The normalized spacial score (nSPS) is 11.5. The van der Waals surface area contributed by atoms with Crippen LogP contribution in [0.2, 0.25) is 5.02 Å². The van der Waals surface area contributed by atoms with Crippen LogP contribution < -0.4 is 14.5 Å². The van der Waals surface area contributed by atoms with E-state index in [1.54, 1.807) is 0 Å². The molecule has 7 heteroatoms. The third kappa shape index (κ3) is 14.6. The molecular weight excluding hydrogens is 1210 g/mol. The van der Waals surface area contributed by atoms with Gasteiger partial charge in [0.25, 0.3) is 0 Å². The second kappa shape index (κ2) is 29.9. The molecule has 447 valence electrons. The van der Waals surface area contributed by atoms with Gasteiger partial charge in [-0.15, -0.1) is 0 Å². The van der Waals surface area contributed by atoms with E-state index >= 15 is 0 Å². The van der Waals surface area contributed by atoms with Gasteiger partial charge in [0.05, 0.1) is 0 Å². The van der Waals surface area contributed by atoms with Crippen molar-refractivity contribution in [3.8, 4) is 61.4 Å². The Hall–Kier alpha value is -9.96. The Morgan fingerprint density at radius 1 is 0.307 bits per heavy atom. The van der Waals surface area contributed by atoms with E-state index in [9.17, 15) is 0 Å². The Labute approximate surface area is 570 Å². The molecule has 0 aliphatic rings. The number of para-hydroxylation sites is 4. The molecule has 0 unspecified atom stereocenters. The SMILES string of the molecule is CI.Clc1ccc(-c2ccc3c(-c4ccccc4)cccc3c2)cc1.O[B]Oc1ccc(N(c2ccccc2)c2ccccc2)cc1.[2H][2H].[2H][2H].[2H][2H].[2H][2H].[2H][2H].[2H][2H].[2H][2H].[2H][2H].[2H][2H].[2H][2H].[2H][2H].c1ccc(-c2cccc3cc(-c4ccc(-c5ccc(N(c6ccccc6)c6ccccc6)cc5)cc4)ccc23)cc1. The minimum absolute atomic E-state index is 0.590. The molecule has 14 aromatic carbocycles. The summed E-state index contributed by atoms with van der Waals surface area (Å²) in [6.07, 6.45) is 0. The Kier molecular flexibility index (Phi) is 16.1. The molecule has 0 atom stereocenters. The molecule has 0 aliphatic heterocycles. The second-order valence-corrected chi connectivity index (χ2v) is 21.0. The highest BCUT2D eigenvalue weighted by Gasteiger charge is 2.15. The summed E-state index contributed by atoms with van der Waals surface area (Å²) in [5.41, 5.74) is 18.9. The van der Waals surface area contributed by atoms with Crippen molar-refractivity contribution >= 4 is 97.5 Å². The van der Waals surface area contributed by atoms with Gasteiger partial charge in [0.2, 0.25) is 0 Å². The highest BCUT2D eigenvalue weighted by atomic mass is 127. The van der Waals surface area contributed by atoms with Crippen LogP contribution in [-0.2, 0) is 0 Å². The van der Waals surface area contributed by atoms with E-state index in [1.807, 2.05) is 83.8 Å². The van der Waals surface area contributed by atoms with Crippen molar-refractivity contribution in [2.75, 3.05) is 14.7 Å². The molecule has 0 saturated heterocycles. The quantitative estimate of drug-likeness (QED) is 0.0709. The zero-order valence-electron chi connectivity index (χ0n) is 70.6. The van der Waals surface area contributed by atoms with Crippen molar-refractivity contribution < 1.29 is 42.3 Å². The molecule has 0 saturated carbocycles. The Bertz CT molecular complexity index is 4440. The molecule has 0 bridgehead atoms. The zero-order chi connectivity index (χ0) is 82.3. The number of rotatable bonds is 13. The van der Waals surface area contributed by atoms with Gasteiger partial charge in [0.1, 0.15) is 5.75 Å². The van der Waals surface area contributed by atoms with E-state index in [0.29, 0.717) is 13.4 Å². The number of alkyl halides is 1. The van der Waals surface area contributed by atoms with E-state index in [2.05, 4.69) is 305 Å². The first-order valence-corrected chi connectivity index (χ1v) is 31.6. The molecule has 0 aromatic heterocycles. The van der Waals surface area contributed by atoms with E-state index in [4.69, 9.17) is 53.9 Å². The molecule has 14 aromatic rings. The van der Waals surface area contributed by atoms with Gasteiger partial charge in [-0.25, -0.2) is 0 Å². The summed E-state index contributed by atoms with van der Waals surface area (Å²) in [4.78, 5) is 6.42. The summed E-state index contributed by atoms with van der Waals surface area (Å²) in [6.45, 7) is 0. The fraction of sp³-hybridized carbons (Fsp3) is 0.0123. The summed E-state index contributed by atoms with van der Waals surface area (Å²) < 4.78 is 115. The van der Waals surface area contributed by atoms with Gasteiger partial charge in [0, 0.05) is 71.8 Å². The van der Waals surface area contributed by atoms with Crippen molar-refractivity contribution in [1.29, 1.82) is 0 Å². The average Bonchev–Trinajstić information content (AvgIpc) is 0.800. The Balaban J connectivity index is 0.00000149. The van der Waals surface area contributed by atoms with Crippen LogP contribution in [0.1, 0.15) is 32.7 Å². The maximum absolute atomic E-state index is 8.70. The second-order valence-electron chi connectivity index (χ2n) is 20.6. The predicted octanol–water partition coefficient (Wildman–Crippen LogP) is 26.0. The van der Waals surface area contributed by atoms with Crippen LogP contribution in [0.5, 0.6) is 5.75 Å². The first kappa shape index (κ1) is 47.2. The van der Waals surface area contributed by atoms with Crippen molar-refractivity contribution in [1.82, 2.24) is 0 Å². The fourth-order valence-electron chi connectivity index (χ4n) is 10.9. The number of hydrogen-bond acceptors (Lipinski definition) is 4. The van der Waals surface area contributed by atoms with E-state index in [0.717, 1.165) is 39.1 Å². The van der Waals surface area contributed by atoms with E-state index < -0.39 is 0 Å². The first-order valence-electron chi connectivity index (χ1n) is 40.1. The van der Waals surface area contributed by atoms with Gasteiger partial charge < -0.3 is 19.5 Å². The van der Waals surface area contributed by atoms with E-state index in [-0.39, 0.29) is 0 Å². The molecule has 0 fully saturated rings. The van der Waals surface area contributed by atoms with Gasteiger partial charge in [-0.1, -0.05) is 277 Å². The lowest BCUT2D eigenvalue weighted by Crippen LogP contribution is -2.09. The highest BCUT2D eigenvalue weighted by molar-refractivity contribution is 14.1. The summed E-state index contributed by atoms with van der Waals surface area (Å²) in [5.74, 6) is 0.590. The zero-order valence-corrected chi connectivity index (χ0v) is 51.5. The van der Waals surface area contributed by atoms with Gasteiger partial charge in [-0.05, 0) is 191 Å². The average molecular weight is 1310 g/mol. The summed E-state index contributed by atoms with van der Waals surface area (Å²) in [6, 6.07) is 122. The topological polar surface area (TPSA) is 35.9 Å². The van der Waals surface area contributed by atoms with Crippen LogP contribution in [0, 0.1) is 0 Å². The minimum atomic E-state index is 0.590. The van der Waals surface area contributed by atoms with Crippen LogP contribution in [-0.4, -0.2) is 17.6 Å². The van der Waals surface area contributed by atoms with Crippen molar-refractivity contribution in [2.45, 2.75) is 0 Å². The molecule has 1 N–H and O–H groups in total. The van der Waals surface area contributed by atoms with Crippen molar-refractivity contribution in [3.63, 3.8) is 0 Å².